The summed E-state index contributed by atoms with van der Waals surface area (Å²) in [6, 6.07) is 0. The second-order valence-electron chi connectivity index (χ2n) is 3.42. The van der Waals surface area contributed by atoms with Crippen LogP contribution in [0.1, 0.15) is 10.6 Å². The number of hydrogen-bond donors (Lipinski definition) is 1. The van der Waals surface area contributed by atoms with Crippen LogP contribution in [0.4, 0.5) is 5.13 Å². The maximum absolute atomic E-state index is 5.67. The van der Waals surface area contributed by atoms with Crippen LogP contribution >= 0.6 is 11.3 Å². The molecule has 5 nitrogen and oxygen atoms in total. The topological polar surface area (TPSA) is 60.6 Å². The fourth-order valence-corrected chi connectivity index (χ4v) is 2.19. The Morgan fingerprint density at radius 1 is 1.38 bits per heavy atom. The predicted octanol–water partition coefficient (Wildman–Crippen LogP) is 0.831. The van der Waals surface area contributed by atoms with Crippen molar-refractivity contribution < 1.29 is 9.47 Å². The summed E-state index contributed by atoms with van der Waals surface area (Å²) in [5.74, 6) is 0. The zero-order valence-electron chi connectivity index (χ0n) is 10.0. The molecule has 16 heavy (non-hydrogen) atoms. The van der Waals surface area contributed by atoms with E-state index < -0.39 is 0 Å². The number of anilines is 1. The van der Waals surface area contributed by atoms with Crippen LogP contribution in [0, 0.1) is 0 Å². The Kier molecular flexibility index (Phi) is 5.68. The van der Waals surface area contributed by atoms with E-state index in [1.807, 2.05) is 7.05 Å². The van der Waals surface area contributed by atoms with Crippen LogP contribution in [0.5, 0.6) is 0 Å². The highest BCUT2D eigenvalue weighted by atomic mass is 32.1. The van der Waals surface area contributed by atoms with Crippen molar-refractivity contribution in [2.75, 3.05) is 39.3 Å². The van der Waals surface area contributed by atoms with Gasteiger partial charge in [0.1, 0.15) is 0 Å². The van der Waals surface area contributed by atoms with E-state index in [4.69, 9.17) is 15.2 Å². The molecule has 0 bridgehead atoms. The number of methoxy groups -OCH3 is 2. The largest absolute Gasteiger partial charge is 0.383 e. The number of thiazole rings is 1. The van der Waals surface area contributed by atoms with Crippen molar-refractivity contribution in [3.05, 3.63) is 10.6 Å². The quantitative estimate of drug-likeness (QED) is 0.771. The fraction of sp³-hybridized carbons (Fsp3) is 0.700. The van der Waals surface area contributed by atoms with Gasteiger partial charge >= 0.3 is 0 Å². The summed E-state index contributed by atoms with van der Waals surface area (Å²) in [6.07, 6.45) is 0. The summed E-state index contributed by atoms with van der Waals surface area (Å²) in [4.78, 5) is 7.65. The van der Waals surface area contributed by atoms with Crippen molar-refractivity contribution in [2.45, 2.75) is 13.2 Å². The highest BCUT2D eigenvalue weighted by Crippen LogP contribution is 2.25. The van der Waals surface area contributed by atoms with Gasteiger partial charge in [-0.2, -0.15) is 0 Å². The fourth-order valence-electron chi connectivity index (χ4n) is 1.27. The van der Waals surface area contributed by atoms with Gasteiger partial charge in [-0.3, -0.25) is 0 Å². The lowest BCUT2D eigenvalue weighted by molar-refractivity contribution is 0.181. The molecule has 2 N–H and O–H groups in total. The van der Waals surface area contributed by atoms with Crippen molar-refractivity contribution in [3.8, 4) is 0 Å². The van der Waals surface area contributed by atoms with Crippen LogP contribution < -0.4 is 10.6 Å². The van der Waals surface area contributed by atoms with Gasteiger partial charge < -0.3 is 20.1 Å². The summed E-state index contributed by atoms with van der Waals surface area (Å²) in [7, 11) is 5.35. The summed E-state index contributed by atoms with van der Waals surface area (Å²) in [6.45, 7) is 2.53. The monoisotopic (exact) mass is 245 g/mol. The highest BCUT2D eigenvalue weighted by molar-refractivity contribution is 7.15. The first-order valence-electron chi connectivity index (χ1n) is 5.10. The number of aromatic nitrogens is 1. The molecule has 0 aromatic carbocycles. The van der Waals surface area contributed by atoms with Gasteiger partial charge in [0.05, 0.1) is 18.9 Å². The van der Waals surface area contributed by atoms with E-state index in [9.17, 15) is 0 Å². The van der Waals surface area contributed by atoms with Gasteiger partial charge in [-0.05, 0) is 0 Å². The Morgan fingerprint density at radius 3 is 2.69 bits per heavy atom. The van der Waals surface area contributed by atoms with Gasteiger partial charge in [-0.15, -0.1) is 11.3 Å². The third-order valence-electron chi connectivity index (χ3n) is 2.19. The average Bonchev–Trinajstić information content (AvgIpc) is 2.69. The molecule has 0 spiro atoms. The molecule has 92 valence electrons. The molecule has 0 unspecified atom stereocenters. The molecule has 0 aliphatic carbocycles. The molecule has 0 radical (unpaired) electrons. The summed E-state index contributed by atoms with van der Waals surface area (Å²) in [5.41, 5.74) is 6.61. The lowest BCUT2D eigenvalue weighted by atomic mass is 10.4. The van der Waals surface area contributed by atoms with Gasteiger partial charge in [0, 0.05) is 39.2 Å². The van der Waals surface area contributed by atoms with Crippen molar-refractivity contribution >= 4 is 16.5 Å². The molecule has 6 heteroatoms. The lowest BCUT2D eigenvalue weighted by Gasteiger charge is -2.14. The van der Waals surface area contributed by atoms with Crippen LogP contribution in [0.2, 0.25) is 0 Å². The molecule has 0 fully saturated rings. The van der Waals surface area contributed by atoms with E-state index in [1.165, 1.54) is 0 Å². The first kappa shape index (κ1) is 13.4. The zero-order valence-corrected chi connectivity index (χ0v) is 10.8. The van der Waals surface area contributed by atoms with Gasteiger partial charge in [0.15, 0.2) is 5.13 Å². The number of rotatable bonds is 7. The third kappa shape index (κ3) is 3.41. The van der Waals surface area contributed by atoms with Gasteiger partial charge in [-0.1, -0.05) is 0 Å². The summed E-state index contributed by atoms with van der Waals surface area (Å²) < 4.78 is 10.1. The first-order valence-corrected chi connectivity index (χ1v) is 5.92. The molecule has 0 aliphatic heterocycles. The number of ether oxygens (including phenoxy) is 2. The first-order chi connectivity index (χ1) is 7.72. The Bertz CT molecular complexity index is 317. The minimum absolute atomic E-state index is 0.508. The smallest absolute Gasteiger partial charge is 0.185 e. The molecule has 0 atom stereocenters. The van der Waals surface area contributed by atoms with Crippen molar-refractivity contribution in [1.29, 1.82) is 0 Å². The zero-order chi connectivity index (χ0) is 12.0. The van der Waals surface area contributed by atoms with Crippen molar-refractivity contribution in [2.24, 2.45) is 5.73 Å². The molecule has 1 aromatic rings. The van der Waals surface area contributed by atoms with E-state index in [1.54, 1.807) is 25.6 Å². The van der Waals surface area contributed by atoms with E-state index in [-0.39, 0.29) is 0 Å². The summed E-state index contributed by atoms with van der Waals surface area (Å²) >= 11 is 1.61. The third-order valence-corrected chi connectivity index (χ3v) is 3.43. The van der Waals surface area contributed by atoms with Crippen molar-refractivity contribution in [1.82, 2.24) is 4.98 Å². The minimum Gasteiger partial charge on any atom is -0.383 e. The lowest BCUT2D eigenvalue weighted by Crippen LogP contribution is -2.21. The van der Waals surface area contributed by atoms with Crippen LogP contribution in [0.3, 0.4) is 0 Å². The molecule has 1 rings (SSSR count). The maximum Gasteiger partial charge on any atom is 0.185 e. The molecule has 0 saturated carbocycles. The van der Waals surface area contributed by atoms with Crippen LogP contribution in [0.15, 0.2) is 0 Å². The number of likely N-dealkylation sites (N-methyl/N-ethyl adjacent to an activating group) is 1. The van der Waals surface area contributed by atoms with Gasteiger partial charge in [0.25, 0.3) is 0 Å². The molecule has 0 amide bonds. The minimum atomic E-state index is 0.508. The number of nitrogens with two attached hydrogens (primary N) is 1. The van der Waals surface area contributed by atoms with Crippen LogP contribution in [-0.4, -0.2) is 39.4 Å². The number of nitrogens with zero attached hydrogens (tertiary/aromatic N) is 2. The Labute approximate surface area is 100 Å². The second kappa shape index (κ2) is 6.80. The second-order valence-corrected chi connectivity index (χ2v) is 4.48. The molecule has 0 saturated heterocycles. The molecular formula is C10H19N3O2S. The van der Waals surface area contributed by atoms with E-state index in [0.717, 1.165) is 22.2 Å². The average molecular weight is 245 g/mol. The Hall–Kier alpha value is -0.690. The van der Waals surface area contributed by atoms with E-state index in [2.05, 4.69) is 9.88 Å². The van der Waals surface area contributed by atoms with Gasteiger partial charge in [0.2, 0.25) is 0 Å². The van der Waals surface area contributed by atoms with E-state index in [0.29, 0.717) is 19.8 Å². The van der Waals surface area contributed by atoms with Crippen LogP contribution in [0.25, 0.3) is 0 Å². The SMILES string of the molecule is COCCN(C)c1nc(COC)c(CN)s1. The molecular weight excluding hydrogens is 226 g/mol. The normalized spacial score (nSPS) is 10.8. The number of hydrogen-bond acceptors (Lipinski definition) is 6. The molecule has 0 aliphatic rings. The van der Waals surface area contributed by atoms with Crippen molar-refractivity contribution in [3.63, 3.8) is 0 Å². The standard InChI is InChI=1S/C10H19N3O2S/c1-13(4-5-14-2)10-12-8(7-15-3)9(6-11)16-10/h4-7,11H2,1-3H3. The predicted molar refractivity (Wildman–Crippen MR) is 65.9 cm³/mol. The maximum atomic E-state index is 5.67. The van der Waals surface area contributed by atoms with Gasteiger partial charge in [-0.25, -0.2) is 4.98 Å². The van der Waals surface area contributed by atoms with Crippen LogP contribution in [-0.2, 0) is 22.6 Å². The molecule has 1 aromatic heterocycles. The highest BCUT2D eigenvalue weighted by Gasteiger charge is 2.12. The summed E-state index contributed by atoms with van der Waals surface area (Å²) in [5, 5.41) is 0.963. The molecule has 1 heterocycles. The Morgan fingerprint density at radius 2 is 2.12 bits per heavy atom. The Balaban J connectivity index is 2.72. The van der Waals surface area contributed by atoms with E-state index >= 15 is 0 Å².